The van der Waals surface area contributed by atoms with Crippen LogP contribution in [0.25, 0.3) is 0 Å². The minimum atomic E-state index is 0.525. The van der Waals surface area contributed by atoms with Crippen LogP contribution < -0.4 is 16.5 Å². The third-order valence-corrected chi connectivity index (χ3v) is 2.23. The Bertz CT molecular complexity index is 383. The Morgan fingerprint density at radius 2 is 2.00 bits per heavy atom. The van der Waals surface area contributed by atoms with Crippen LogP contribution in [-0.2, 0) is 0 Å². The van der Waals surface area contributed by atoms with Gasteiger partial charge in [-0.05, 0) is 43.8 Å². The Balaban J connectivity index is 2.63. The smallest absolute Gasteiger partial charge is 0.186 e. The van der Waals surface area contributed by atoms with Gasteiger partial charge in [-0.15, -0.1) is 0 Å². The number of nitrogen functional groups attached to an aromatic ring is 1. The Kier molecular flexibility index (Phi) is 4.72. The normalized spacial score (nSPS) is 11.0. The van der Waals surface area contributed by atoms with Gasteiger partial charge in [-0.2, -0.15) is 5.10 Å². The van der Waals surface area contributed by atoms with Crippen molar-refractivity contribution in [3.63, 3.8) is 0 Å². The van der Waals surface area contributed by atoms with Gasteiger partial charge in [-0.1, -0.05) is 12.1 Å². The Hall–Kier alpha value is -1.62. The van der Waals surface area contributed by atoms with Crippen molar-refractivity contribution >= 4 is 28.7 Å². The lowest BCUT2D eigenvalue weighted by atomic mass is 10.1. The molecule has 0 aliphatic heterocycles. The molecule has 86 valence electrons. The maximum Gasteiger partial charge on any atom is 0.186 e. The number of thiocarbonyl (C=S) groups is 1. The van der Waals surface area contributed by atoms with Crippen molar-refractivity contribution in [2.75, 3.05) is 12.3 Å². The van der Waals surface area contributed by atoms with E-state index in [1.54, 1.807) is 0 Å². The highest BCUT2D eigenvalue weighted by Gasteiger charge is 1.97. The Morgan fingerprint density at radius 3 is 2.56 bits per heavy atom. The van der Waals surface area contributed by atoms with E-state index in [-0.39, 0.29) is 0 Å². The highest BCUT2D eigenvalue weighted by Crippen LogP contribution is 2.06. The summed E-state index contributed by atoms with van der Waals surface area (Å²) in [6.07, 6.45) is 0. The van der Waals surface area contributed by atoms with E-state index >= 15 is 0 Å². The molecule has 0 atom stereocenters. The first-order chi connectivity index (χ1) is 7.63. The molecule has 1 aromatic rings. The van der Waals surface area contributed by atoms with Crippen molar-refractivity contribution in [1.82, 2.24) is 10.7 Å². The zero-order valence-corrected chi connectivity index (χ0v) is 10.3. The van der Waals surface area contributed by atoms with E-state index in [1.807, 2.05) is 38.1 Å². The van der Waals surface area contributed by atoms with Crippen LogP contribution in [0.5, 0.6) is 0 Å². The Morgan fingerprint density at radius 1 is 1.38 bits per heavy atom. The van der Waals surface area contributed by atoms with Crippen LogP contribution in [0.3, 0.4) is 0 Å². The lowest BCUT2D eigenvalue weighted by Crippen LogP contribution is -2.32. The minimum absolute atomic E-state index is 0.525. The number of nitrogens with two attached hydrogens (primary N) is 1. The molecule has 0 aliphatic carbocycles. The van der Waals surface area contributed by atoms with Crippen LogP contribution in [0.15, 0.2) is 29.4 Å². The molecule has 0 heterocycles. The summed E-state index contributed by atoms with van der Waals surface area (Å²) in [5.41, 5.74) is 11.0. The topological polar surface area (TPSA) is 62.4 Å². The van der Waals surface area contributed by atoms with Crippen molar-refractivity contribution in [2.45, 2.75) is 13.8 Å². The van der Waals surface area contributed by atoms with Crippen molar-refractivity contribution in [3.8, 4) is 0 Å². The number of hydrazone groups is 1. The highest BCUT2D eigenvalue weighted by atomic mass is 32.1. The molecule has 0 unspecified atom stereocenters. The first kappa shape index (κ1) is 12.4. The summed E-state index contributed by atoms with van der Waals surface area (Å²) in [5, 5.41) is 7.64. The maximum absolute atomic E-state index is 5.60. The van der Waals surface area contributed by atoms with Crippen LogP contribution in [0.1, 0.15) is 19.4 Å². The molecule has 1 rings (SSSR count). The van der Waals surface area contributed by atoms with Crippen molar-refractivity contribution in [1.29, 1.82) is 0 Å². The van der Waals surface area contributed by atoms with E-state index in [9.17, 15) is 0 Å². The fourth-order valence-electron chi connectivity index (χ4n) is 1.12. The summed E-state index contributed by atoms with van der Waals surface area (Å²) < 4.78 is 0. The van der Waals surface area contributed by atoms with Gasteiger partial charge in [0.2, 0.25) is 0 Å². The highest BCUT2D eigenvalue weighted by molar-refractivity contribution is 7.80. The van der Waals surface area contributed by atoms with Crippen molar-refractivity contribution in [3.05, 3.63) is 29.8 Å². The van der Waals surface area contributed by atoms with Gasteiger partial charge in [0, 0.05) is 12.2 Å². The molecule has 0 aromatic heterocycles. The molecule has 0 aliphatic rings. The van der Waals surface area contributed by atoms with E-state index in [2.05, 4.69) is 15.8 Å². The standard InChI is InChI=1S/C11H16N4S/c1-3-13-11(16)15-14-8(2)9-4-6-10(12)7-5-9/h4-7H,3,12H2,1-2H3,(H2,13,15,16)/b14-8-. The lowest BCUT2D eigenvalue weighted by molar-refractivity contribution is 0.901. The van der Waals surface area contributed by atoms with Gasteiger partial charge < -0.3 is 11.1 Å². The van der Waals surface area contributed by atoms with E-state index in [0.717, 1.165) is 23.5 Å². The monoisotopic (exact) mass is 236 g/mol. The third kappa shape index (κ3) is 3.86. The van der Waals surface area contributed by atoms with Gasteiger partial charge in [0.25, 0.3) is 0 Å². The number of nitrogens with zero attached hydrogens (tertiary/aromatic N) is 1. The summed E-state index contributed by atoms with van der Waals surface area (Å²) >= 11 is 4.99. The van der Waals surface area contributed by atoms with E-state index < -0.39 is 0 Å². The Labute approximate surface area is 101 Å². The largest absolute Gasteiger partial charge is 0.399 e. The second-order valence-electron chi connectivity index (χ2n) is 3.29. The molecule has 0 amide bonds. The second kappa shape index (κ2) is 6.07. The van der Waals surface area contributed by atoms with Gasteiger partial charge in [0.15, 0.2) is 5.11 Å². The van der Waals surface area contributed by atoms with Gasteiger partial charge in [-0.25, -0.2) is 0 Å². The van der Waals surface area contributed by atoms with E-state index in [0.29, 0.717) is 5.11 Å². The summed E-state index contributed by atoms with van der Waals surface area (Å²) in [4.78, 5) is 0. The molecule has 16 heavy (non-hydrogen) atoms. The predicted molar refractivity (Wildman–Crippen MR) is 72.5 cm³/mol. The van der Waals surface area contributed by atoms with Gasteiger partial charge >= 0.3 is 0 Å². The first-order valence-corrected chi connectivity index (χ1v) is 5.48. The predicted octanol–water partition coefficient (Wildman–Crippen LogP) is 1.48. The fraction of sp³-hybridized carbons (Fsp3) is 0.273. The molecule has 0 radical (unpaired) electrons. The number of benzene rings is 1. The maximum atomic E-state index is 5.60. The molecule has 0 fully saturated rings. The molecule has 5 heteroatoms. The number of hydrogen-bond acceptors (Lipinski definition) is 3. The molecule has 0 spiro atoms. The number of rotatable bonds is 3. The van der Waals surface area contributed by atoms with E-state index in [4.69, 9.17) is 18.0 Å². The molecule has 1 aromatic carbocycles. The molecular weight excluding hydrogens is 220 g/mol. The molecular formula is C11H16N4S. The lowest BCUT2D eigenvalue weighted by Gasteiger charge is -2.05. The third-order valence-electron chi connectivity index (χ3n) is 1.99. The number of nitrogens with one attached hydrogen (secondary N) is 2. The molecule has 4 N–H and O–H groups in total. The first-order valence-electron chi connectivity index (χ1n) is 5.07. The summed E-state index contributed by atoms with van der Waals surface area (Å²) in [6, 6.07) is 7.53. The summed E-state index contributed by atoms with van der Waals surface area (Å²) in [6.45, 7) is 4.67. The zero-order chi connectivity index (χ0) is 12.0. The average Bonchev–Trinajstić information content (AvgIpc) is 2.27. The van der Waals surface area contributed by atoms with Crippen LogP contribution in [0.2, 0.25) is 0 Å². The fourth-order valence-corrected chi connectivity index (χ4v) is 1.31. The van der Waals surface area contributed by atoms with Crippen LogP contribution in [-0.4, -0.2) is 17.4 Å². The summed E-state index contributed by atoms with van der Waals surface area (Å²) in [5.74, 6) is 0. The minimum Gasteiger partial charge on any atom is -0.399 e. The number of anilines is 1. The van der Waals surface area contributed by atoms with Crippen molar-refractivity contribution < 1.29 is 0 Å². The second-order valence-corrected chi connectivity index (χ2v) is 3.70. The molecule has 4 nitrogen and oxygen atoms in total. The molecule has 0 saturated carbocycles. The average molecular weight is 236 g/mol. The molecule has 0 saturated heterocycles. The van der Waals surface area contributed by atoms with E-state index in [1.165, 1.54) is 0 Å². The number of hydrogen-bond donors (Lipinski definition) is 3. The van der Waals surface area contributed by atoms with Crippen molar-refractivity contribution in [2.24, 2.45) is 5.10 Å². The molecule has 0 bridgehead atoms. The SMILES string of the molecule is CCNC(=S)N/N=C(/C)c1ccc(N)cc1. The summed E-state index contributed by atoms with van der Waals surface area (Å²) in [7, 11) is 0. The van der Waals surface area contributed by atoms with Crippen LogP contribution in [0, 0.1) is 0 Å². The van der Waals surface area contributed by atoms with Crippen LogP contribution in [0.4, 0.5) is 5.69 Å². The van der Waals surface area contributed by atoms with Gasteiger partial charge in [0.1, 0.15) is 0 Å². The van der Waals surface area contributed by atoms with Gasteiger partial charge in [-0.3, -0.25) is 5.43 Å². The van der Waals surface area contributed by atoms with Crippen LogP contribution >= 0.6 is 12.2 Å². The quantitative estimate of drug-likeness (QED) is 0.322. The zero-order valence-electron chi connectivity index (χ0n) is 9.45. The van der Waals surface area contributed by atoms with Gasteiger partial charge in [0.05, 0.1) is 5.71 Å².